The van der Waals surface area contributed by atoms with E-state index in [1.807, 2.05) is 36.4 Å². The maximum Gasteiger partial charge on any atom is 0.251 e. The molecule has 0 aromatic heterocycles. The van der Waals surface area contributed by atoms with Gasteiger partial charge in [0.15, 0.2) is 11.5 Å². The molecule has 0 saturated carbocycles. The van der Waals surface area contributed by atoms with E-state index < -0.39 is 0 Å². The van der Waals surface area contributed by atoms with Gasteiger partial charge in [0, 0.05) is 47.5 Å². The van der Waals surface area contributed by atoms with Crippen molar-refractivity contribution in [1.29, 1.82) is 0 Å². The molecule has 29 heavy (non-hydrogen) atoms. The van der Waals surface area contributed by atoms with Gasteiger partial charge in [0.25, 0.3) is 5.91 Å². The van der Waals surface area contributed by atoms with Crippen molar-refractivity contribution in [2.45, 2.75) is 18.6 Å². The molecule has 1 heterocycles. The van der Waals surface area contributed by atoms with Crippen LogP contribution < -0.4 is 30.6 Å². The summed E-state index contributed by atoms with van der Waals surface area (Å²) in [5, 5.41) is 6.36. The normalized spacial score (nSPS) is 18.2. The molecular weight excluding hydrogens is 390 g/mol. The van der Waals surface area contributed by atoms with Gasteiger partial charge in [0.2, 0.25) is 5.75 Å². The zero-order valence-corrected chi connectivity index (χ0v) is 17.7. The Morgan fingerprint density at radius 2 is 1.72 bits per heavy atom. The number of carbonyl (C=O) groups excluding carboxylic acids is 1. The molecule has 0 radical (unpaired) electrons. The van der Waals surface area contributed by atoms with Crippen LogP contribution in [0.2, 0.25) is 0 Å². The summed E-state index contributed by atoms with van der Waals surface area (Å²) in [6.07, 6.45) is 0. The molecule has 156 valence electrons. The predicted molar refractivity (Wildman–Crippen MR) is 116 cm³/mol. The first kappa shape index (κ1) is 21.1. The lowest BCUT2D eigenvalue weighted by Crippen LogP contribution is -2.46. The molecule has 1 amide bonds. The number of methoxy groups -OCH3 is 3. The Bertz CT molecular complexity index is 819. The van der Waals surface area contributed by atoms with E-state index in [-0.39, 0.29) is 18.0 Å². The number of nitrogens with two attached hydrogens (primary N) is 1. The molecule has 2 aromatic carbocycles. The molecule has 1 saturated heterocycles. The van der Waals surface area contributed by atoms with Crippen molar-refractivity contribution in [3.05, 3.63) is 47.5 Å². The maximum atomic E-state index is 12.4. The van der Waals surface area contributed by atoms with Crippen molar-refractivity contribution in [3.8, 4) is 17.2 Å². The zero-order valence-electron chi connectivity index (χ0n) is 16.9. The highest BCUT2D eigenvalue weighted by Crippen LogP contribution is 2.40. The monoisotopic (exact) mass is 417 g/mol. The van der Waals surface area contributed by atoms with Crippen molar-refractivity contribution < 1.29 is 19.0 Å². The van der Waals surface area contributed by atoms with Gasteiger partial charge in [-0.3, -0.25) is 4.79 Å². The summed E-state index contributed by atoms with van der Waals surface area (Å²) in [6.45, 7) is 0.588. The van der Waals surface area contributed by atoms with Crippen LogP contribution >= 0.6 is 11.8 Å². The molecule has 8 heteroatoms. The zero-order chi connectivity index (χ0) is 20.8. The number of thioether (sulfide) groups is 1. The van der Waals surface area contributed by atoms with Crippen LogP contribution in [0, 0.1) is 0 Å². The molecule has 1 aliphatic rings. The maximum absolute atomic E-state index is 12.4. The van der Waals surface area contributed by atoms with Gasteiger partial charge >= 0.3 is 0 Å². The second kappa shape index (κ2) is 9.76. The number of rotatable bonds is 8. The van der Waals surface area contributed by atoms with Crippen LogP contribution in [-0.4, -0.2) is 50.8 Å². The van der Waals surface area contributed by atoms with Crippen molar-refractivity contribution in [2.75, 3.05) is 38.2 Å². The van der Waals surface area contributed by atoms with Crippen molar-refractivity contribution in [3.63, 3.8) is 0 Å². The first-order valence-electron chi connectivity index (χ1n) is 9.32. The van der Waals surface area contributed by atoms with Crippen molar-refractivity contribution >= 4 is 23.4 Å². The number of amides is 1. The third-order valence-corrected chi connectivity index (χ3v) is 6.03. The van der Waals surface area contributed by atoms with Gasteiger partial charge in [0.05, 0.1) is 27.4 Å². The molecule has 1 aliphatic heterocycles. The first-order chi connectivity index (χ1) is 14.0. The number of hydrogen-bond donors (Lipinski definition) is 3. The van der Waals surface area contributed by atoms with Crippen LogP contribution in [0.15, 0.2) is 36.4 Å². The van der Waals surface area contributed by atoms with Gasteiger partial charge < -0.3 is 30.6 Å². The molecule has 2 aromatic rings. The predicted octanol–water partition coefficient (Wildman–Crippen LogP) is 2.50. The summed E-state index contributed by atoms with van der Waals surface area (Å²) < 4.78 is 16.1. The van der Waals surface area contributed by atoms with E-state index >= 15 is 0 Å². The highest BCUT2D eigenvalue weighted by atomic mass is 32.2. The van der Waals surface area contributed by atoms with E-state index in [1.165, 1.54) is 0 Å². The lowest BCUT2D eigenvalue weighted by molar-refractivity contribution is 0.0938. The number of hydrogen-bond acceptors (Lipinski definition) is 7. The van der Waals surface area contributed by atoms with Crippen LogP contribution in [0.4, 0.5) is 5.69 Å². The van der Waals surface area contributed by atoms with Crippen LogP contribution in [-0.2, 0) is 6.54 Å². The van der Waals surface area contributed by atoms with E-state index in [2.05, 4.69) is 10.6 Å². The Kier molecular flexibility index (Phi) is 7.11. The fourth-order valence-electron chi connectivity index (χ4n) is 3.13. The quantitative estimate of drug-likeness (QED) is 0.607. The van der Waals surface area contributed by atoms with E-state index in [9.17, 15) is 4.79 Å². The van der Waals surface area contributed by atoms with Crippen molar-refractivity contribution in [2.24, 2.45) is 5.73 Å². The number of benzene rings is 2. The average molecular weight is 418 g/mol. The van der Waals surface area contributed by atoms with Crippen LogP contribution in [0.1, 0.15) is 15.9 Å². The Hall–Kier alpha value is -2.58. The lowest BCUT2D eigenvalue weighted by Gasteiger charge is -2.16. The molecule has 7 nitrogen and oxygen atoms in total. The number of nitrogens with one attached hydrogen (secondary N) is 2. The van der Waals surface area contributed by atoms with Crippen LogP contribution in [0.5, 0.6) is 17.2 Å². The number of anilines is 1. The summed E-state index contributed by atoms with van der Waals surface area (Å²) in [6, 6.07) is 11.3. The highest BCUT2D eigenvalue weighted by molar-refractivity contribution is 7.99. The van der Waals surface area contributed by atoms with Gasteiger partial charge in [-0.05, 0) is 17.7 Å². The van der Waals surface area contributed by atoms with Gasteiger partial charge in [-0.2, -0.15) is 11.8 Å². The molecule has 4 N–H and O–H groups in total. The Balaban J connectivity index is 1.62. The van der Waals surface area contributed by atoms with Crippen molar-refractivity contribution in [1.82, 2.24) is 5.32 Å². The average Bonchev–Trinajstić information content (AvgIpc) is 3.15. The number of carbonyl (C=O) groups is 1. The van der Waals surface area contributed by atoms with E-state index in [0.717, 1.165) is 22.8 Å². The summed E-state index contributed by atoms with van der Waals surface area (Å²) >= 11 is 1.77. The fraction of sp³-hybridized carbons (Fsp3) is 0.381. The summed E-state index contributed by atoms with van der Waals surface area (Å²) in [7, 11) is 4.74. The molecule has 2 atom stereocenters. The smallest absolute Gasteiger partial charge is 0.251 e. The molecular formula is C21H27N3O4S. The third-order valence-electron chi connectivity index (χ3n) is 4.82. The lowest BCUT2D eigenvalue weighted by atomic mass is 10.1. The fourth-order valence-corrected chi connectivity index (χ4v) is 4.36. The second-order valence-electron chi connectivity index (χ2n) is 6.75. The molecule has 0 aliphatic carbocycles. The SMILES string of the molecule is COc1cc(NCc2ccc(C(=O)NC3CSCC3N)cc2)cc(OC)c1OC. The summed E-state index contributed by atoms with van der Waals surface area (Å²) in [4.78, 5) is 12.4. The standard InChI is InChI=1S/C21H27N3O4S/c1-26-18-8-15(9-19(27-2)20(18)28-3)23-10-13-4-6-14(7-5-13)21(25)24-17-12-29-11-16(17)22/h4-9,16-17,23H,10-12,22H2,1-3H3,(H,24,25). The largest absolute Gasteiger partial charge is 0.493 e. The Labute approximate surface area is 175 Å². The van der Waals surface area contributed by atoms with E-state index in [1.54, 1.807) is 33.1 Å². The second-order valence-corrected chi connectivity index (χ2v) is 7.82. The molecule has 3 rings (SSSR count). The highest BCUT2D eigenvalue weighted by Gasteiger charge is 2.26. The van der Waals surface area contributed by atoms with Crippen LogP contribution in [0.25, 0.3) is 0 Å². The van der Waals surface area contributed by atoms with Gasteiger partial charge in [-0.15, -0.1) is 0 Å². The molecule has 1 fully saturated rings. The van der Waals surface area contributed by atoms with Crippen LogP contribution in [0.3, 0.4) is 0 Å². The molecule has 2 unspecified atom stereocenters. The minimum atomic E-state index is -0.0860. The summed E-state index contributed by atoms with van der Waals surface area (Å²) in [5.41, 5.74) is 8.53. The van der Waals surface area contributed by atoms with Gasteiger partial charge in [-0.1, -0.05) is 12.1 Å². The topological polar surface area (TPSA) is 94.8 Å². The van der Waals surface area contributed by atoms with Gasteiger partial charge in [-0.25, -0.2) is 0 Å². The molecule has 0 bridgehead atoms. The van der Waals surface area contributed by atoms with E-state index in [4.69, 9.17) is 19.9 Å². The van der Waals surface area contributed by atoms with Gasteiger partial charge in [0.1, 0.15) is 0 Å². The minimum Gasteiger partial charge on any atom is -0.493 e. The first-order valence-corrected chi connectivity index (χ1v) is 10.5. The number of ether oxygens (including phenoxy) is 3. The Morgan fingerprint density at radius 3 is 2.24 bits per heavy atom. The minimum absolute atomic E-state index is 0.0194. The van der Waals surface area contributed by atoms with E-state index in [0.29, 0.717) is 29.4 Å². The third kappa shape index (κ3) is 5.07. The Morgan fingerprint density at radius 1 is 1.07 bits per heavy atom. The molecule has 0 spiro atoms. The summed E-state index contributed by atoms with van der Waals surface area (Å²) in [5.74, 6) is 3.39.